The molecule has 2 heterocycles. The third-order valence-corrected chi connectivity index (χ3v) is 4.06. The average molecular weight is 355 g/mol. The molecule has 0 atom stereocenters. The van der Waals surface area contributed by atoms with Crippen molar-refractivity contribution in [3.05, 3.63) is 65.1 Å². The standard InChI is InChI=1S/C18H15BrN2O/c1-4-6-8-12(5-2)16-18-17(21-11(3)20-16)15-13(19)9-7-10-14(15)22-18/h4-10H,1H2,2-3H3/b8-6-,12-5+. The van der Waals surface area contributed by atoms with Crippen LogP contribution in [0.25, 0.3) is 27.6 Å². The van der Waals surface area contributed by atoms with Crippen molar-refractivity contribution in [1.29, 1.82) is 0 Å². The molecule has 22 heavy (non-hydrogen) atoms. The molecule has 3 nitrogen and oxygen atoms in total. The topological polar surface area (TPSA) is 38.9 Å². The average Bonchev–Trinajstić information content (AvgIpc) is 2.87. The lowest BCUT2D eigenvalue weighted by Crippen LogP contribution is -1.95. The molecule has 0 N–H and O–H groups in total. The van der Waals surface area contributed by atoms with Crippen LogP contribution in [-0.4, -0.2) is 9.97 Å². The summed E-state index contributed by atoms with van der Waals surface area (Å²) in [5.41, 5.74) is 4.11. The van der Waals surface area contributed by atoms with Crippen LogP contribution in [0.1, 0.15) is 18.4 Å². The first-order chi connectivity index (χ1) is 10.7. The zero-order valence-corrected chi connectivity index (χ0v) is 14.0. The molecule has 0 saturated carbocycles. The minimum absolute atomic E-state index is 0.703. The van der Waals surface area contributed by atoms with Gasteiger partial charge in [0.2, 0.25) is 0 Å². The summed E-state index contributed by atoms with van der Waals surface area (Å²) in [7, 11) is 0. The van der Waals surface area contributed by atoms with E-state index < -0.39 is 0 Å². The summed E-state index contributed by atoms with van der Waals surface area (Å²) in [6, 6.07) is 5.88. The van der Waals surface area contributed by atoms with E-state index in [4.69, 9.17) is 4.42 Å². The molecular weight excluding hydrogens is 340 g/mol. The number of benzene rings is 1. The van der Waals surface area contributed by atoms with Gasteiger partial charge in [-0.25, -0.2) is 9.97 Å². The van der Waals surface area contributed by atoms with E-state index in [0.29, 0.717) is 11.4 Å². The number of aromatic nitrogens is 2. The van der Waals surface area contributed by atoms with Gasteiger partial charge in [-0.3, -0.25) is 0 Å². The van der Waals surface area contributed by atoms with Crippen LogP contribution < -0.4 is 0 Å². The first-order valence-electron chi connectivity index (χ1n) is 6.97. The summed E-state index contributed by atoms with van der Waals surface area (Å²) in [4.78, 5) is 9.15. The molecule has 0 fully saturated rings. The SMILES string of the molecule is C=C/C=C\C(=C/C)c1nc(C)nc2c1oc1cccc(Br)c12. The Labute approximate surface area is 137 Å². The highest BCUT2D eigenvalue weighted by atomic mass is 79.9. The van der Waals surface area contributed by atoms with Crippen molar-refractivity contribution < 1.29 is 4.42 Å². The number of fused-ring (bicyclic) bond motifs is 3. The predicted molar refractivity (Wildman–Crippen MR) is 94.7 cm³/mol. The summed E-state index contributed by atoms with van der Waals surface area (Å²) < 4.78 is 7.00. The van der Waals surface area contributed by atoms with Gasteiger partial charge in [-0.15, -0.1) is 0 Å². The number of nitrogens with zero attached hydrogens (tertiary/aromatic N) is 2. The van der Waals surface area contributed by atoms with E-state index in [1.165, 1.54) is 0 Å². The number of allylic oxidation sites excluding steroid dienone is 5. The van der Waals surface area contributed by atoms with Crippen LogP contribution in [0.2, 0.25) is 0 Å². The van der Waals surface area contributed by atoms with Gasteiger partial charge in [0.05, 0.1) is 5.39 Å². The van der Waals surface area contributed by atoms with Crippen LogP contribution in [0.4, 0.5) is 0 Å². The van der Waals surface area contributed by atoms with E-state index in [1.54, 1.807) is 6.08 Å². The highest BCUT2D eigenvalue weighted by molar-refractivity contribution is 9.10. The summed E-state index contributed by atoms with van der Waals surface area (Å²) >= 11 is 3.58. The van der Waals surface area contributed by atoms with Crippen LogP contribution in [0, 0.1) is 6.92 Å². The van der Waals surface area contributed by atoms with Crippen molar-refractivity contribution in [2.75, 3.05) is 0 Å². The van der Waals surface area contributed by atoms with Crippen molar-refractivity contribution in [3.63, 3.8) is 0 Å². The van der Waals surface area contributed by atoms with Gasteiger partial charge in [-0.2, -0.15) is 0 Å². The highest BCUT2D eigenvalue weighted by Gasteiger charge is 2.17. The number of hydrogen-bond acceptors (Lipinski definition) is 3. The van der Waals surface area contributed by atoms with Crippen LogP contribution in [0.15, 0.2) is 58.0 Å². The first-order valence-corrected chi connectivity index (χ1v) is 7.76. The molecule has 3 rings (SSSR count). The van der Waals surface area contributed by atoms with E-state index in [0.717, 1.165) is 32.2 Å². The fourth-order valence-corrected chi connectivity index (χ4v) is 2.97. The van der Waals surface area contributed by atoms with Crippen LogP contribution in [0.3, 0.4) is 0 Å². The van der Waals surface area contributed by atoms with E-state index in [-0.39, 0.29) is 0 Å². The maximum atomic E-state index is 6.03. The zero-order chi connectivity index (χ0) is 15.7. The second-order valence-corrected chi connectivity index (χ2v) is 5.71. The number of halogens is 1. The molecular formula is C18H15BrN2O. The van der Waals surface area contributed by atoms with Crippen molar-refractivity contribution in [2.45, 2.75) is 13.8 Å². The highest BCUT2D eigenvalue weighted by Crippen LogP contribution is 2.35. The Balaban J connectivity index is 2.41. The van der Waals surface area contributed by atoms with Gasteiger partial charge < -0.3 is 4.42 Å². The fraction of sp³-hybridized carbons (Fsp3) is 0.111. The number of furan rings is 1. The van der Waals surface area contributed by atoms with Crippen LogP contribution in [0.5, 0.6) is 0 Å². The smallest absolute Gasteiger partial charge is 0.180 e. The molecule has 0 bridgehead atoms. The Kier molecular flexibility index (Phi) is 3.94. The van der Waals surface area contributed by atoms with Gasteiger partial charge in [0, 0.05) is 4.47 Å². The van der Waals surface area contributed by atoms with E-state index >= 15 is 0 Å². The Morgan fingerprint density at radius 1 is 1.32 bits per heavy atom. The molecule has 0 amide bonds. The van der Waals surface area contributed by atoms with E-state index in [1.807, 2.05) is 50.3 Å². The minimum Gasteiger partial charge on any atom is -0.452 e. The number of hydrogen-bond donors (Lipinski definition) is 0. The molecule has 0 radical (unpaired) electrons. The molecule has 110 valence electrons. The molecule has 0 aliphatic heterocycles. The van der Waals surface area contributed by atoms with Gasteiger partial charge in [-0.1, -0.05) is 36.9 Å². The summed E-state index contributed by atoms with van der Waals surface area (Å²) in [6.45, 7) is 7.58. The molecule has 4 heteroatoms. The normalized spacial score (nSPS) is 12.6. The lowest BCUT2D eigenvalue weighted by Gasteiger charge is -2.03. The molecule has 0 unspecified atom stereocenters. The van der Waals surface area contributed by atoms with Gasteiger partial charge in [0.1, 0.15) is 22.6 Å². The van der Waals surface area contributed by atoms with E-state index in [9.17, 15) is 0 Å². The maximum Gasteiger partial charge on any atom is 0.180 e. The molecule has 2 aromatic heterocycles. The second-order valence-electron chi connectivity index (χ2n) is 4.85. The van der Waals surface area contributed by atoms with Gasteiger partial charge in [0.15, 0.2) is 5.58 Å². The minimum atomic E-state index is 0.703. The zero-order valence-electron chi connectivity index (χ0n) is 12.4. The Morgan fingerprint density at radius 2 is 2.14 bits per heavy atom. The van der Waals surface area contributed by atoms with Crippen molar-refractivity contribution in [1.82, 2.24) is 9.97 Å². The predicted octanol–water partition coefficient (Wildman–Crippen LogP) is 5.59. The summed E-state index contributed by atoms with van der Waals surface area (Å²) in [5.74, 6) is 0.715. The van der Waals surface area contributed by atoms with Crippen LogP contribution in [-0.2, 0) is 0 Å². The lowest BCUT2D eigenvalue weighted by molar-refractivity contribution is 0.663. The Hall–Kier alpha value is -2.20. The fourth-order valence-electron chi connectivity index (χ4n) is 2.44. The third-order valence-electron chi connectivity index (χ3n) is 3.40. The molecule has 0 aliphatic rings. The third kappa shape index (κ3) is 2.40. The number of aryl methyl sites for hydroxylation is 1. The molecule has 0 spiro atoms. The summed E-state index contributed by atoms with van der Waals surface area (Å²) in [5, 5.41) is 0.979. The Morgan fingerprint density at radius 3 is 2.86 bits per heavy atom. The molecule has 0 saturated heterocycles. The van der Waals surface area contributed by atoms with Gasteiger partial charge >= 0.3 is 0 Å². The quantitative estimate of drug-likeness (QED) is 0.575. The summed E-state index contributed by atoms with van der Waals surface area (Å²) in [6.07, 6.45) is 7.60. The van der Waals surface area contributed by atoms with Crippen molar-refractivity contribution >= 4 is 43.6 Å². The molecule has 3 aromatic rings. The lowest BCUT2D eigenvalue weighted by atomic mass is 10.1. The number of rotatable bonds is 3. The maximum absolute atomic E-state index is 6.03. The van der Waals surface area contributed by atoms with Crippen molar-refractivity contribution in [2.24, 2.45) is 0 Å². The Bertz CT molecular complexity index is 935. The monoisotopic (exact) mass is 354 g/mol. The molecule has 0 aliphatic carbocycles. The first kappa shape index (κ1) is 14.7. The largest absolute Gasteiger partial charge is 0.452 e. The second kappa shape index (κ2) is 5.89. The van der Waals surface area contributed by atoms with Crippen LogP contribution >= 0.6 is 15.9 Å². The van der Waals surface area contributed by atoms with E-state index in [2.05, 4.69) is 32.5 Å². The van der Waals surface area contributed by atoms with Crippen molar-refractivity contribution in [3.8, 4) is 0 Å². The molecule has 1 aromatic carbocycles. The van der Waals surface area contributed by atoms with Gasteiger partial charge in [-0.05, 0) is 47.5 Å². The van der Waals surface area contributed by atoms with Gasteiger partial charge in [0.25, 0.3) is 0 Å².